The molecule has 24 heavy (non-hydrogen) atoms. The second-order valence-corrected chi connectivity index (χ2v) is 6.39. The van der Waals surface area contributed by atoms with Crippen molar-refractivity contribution in [1.29, 1.82) is 0 Å². The maximum atomic E-state index is 12.0. The van der Waals surface area contributed by atoms with Crippen LogP contribution in [0.2, 0.25) is 5.02 Å². The summed E-state index contributed by atoms with van der Waals surface area (Å²) in [6, 6.07) is 15.9. The van der Waals surface area contributed by atoms with Gasteiger partial charge < -0.3 is 15.4 Å². The molecular weight excluding hydrogens is 324 g/mol. The summed E-state index contributed by atoms with van der Waals surface area (Å²) >= 11 is 5.88. The van der Waals surface area contributed by atoms with Crippen LogP contribution in [0.25, 0.3) is 0 Å². The third kappa shape index (κ3) is 4.73. The summed E-state index contributed by atoms with van der Waals surface area (Å²) in [5, 5.41) is 7.09. The standard InChI is InChI=1S/C19H21ClN2O2/c20-17-5-1-14(2-6-17)11-21-18-7-3-15(4-8-18)12-22-19(23)16-9-10-24-13-16/h1-8,16,21H,9-13H2,(H,22,23)/t16-/m0/s1. The number of hydrogen-bond donors (Lipinski definition) is 2. The van der Waals surface area contributed by atoms with Crippen LogP contribution in [0, 0.1) is 5.92 Å². The van der Waals surface area contributed by atoms with Crippen molar-refractivity contribution in [2.75, 3.05) is 18.5 Å². The Kier molecular flexibility index (Phi) is 5.72. The number of ether oxygens (including phenoxy) is 1. The van der Waals surface area contributed by atoms with Crippen LogP contribution in [0.5, 0.6) is 0 Å². The van der Waals surface area contributed by atoms with Gasteiger partial charge in [0.1, 0.15) is 0 Å². The number of rotatable bonds is 6. The van der Waals surface area contributed by atoms with E-state index in [-0.39, 0.29) is 11.8 Å². The van der Waals surface area contributed by atoms with Gasteiger partial charge in [-0.15, -0.1) is 0 Å². The highest BCUT2D eigenvalue weighted by Gasteiger charge is 2.22. The summed E-state index contributed by atoms with van der Waals surface area (Å²) < 4.78 is 5.24. The van der Waals surface area contributed by atoms with Crippen LogP contribution in [0.4, 0.5) is 5.69 Å². The van der Waals surface area contributed by atoms with Crippen LogP contribution in [0.3, 0.4) is 0 Å². The quantitative estimate of drug-likeness (QED) is 0.841. The van der Waals surface area contributed by atoms with Gasteiger partial charge in [0.2, 0.25) is 5.91 Å². The van der Waals surface area contributed by atoms with Crippen molar-refractivity contribution in [3.05, 3.63) is 64.7 Å². The Morgan fingerprint density at radius 1 is 1.04 bits per heavy atom. The molecule has 2 aromatic rings. The normalized spacial score (nSPS) is 16.8. The zero-order valence-corrected chi connectivity index (χ0v) is 14.2. The van der Waals surface area contributed by atoms with Gasteiger partial charge in [-0.1, -0.05) is 35.9 Å². The lowest BCUT2D eigenvalue weighted by molar-refractivity contribution is -0.125. The smallest absolute Gasteiger partial charge is 0.225 e. The average Bonchev–Trinajstić information content (AvgIpc) is 3.15. The molecule has 0 bridgehead atoms. The summed E-state index contributed by atoms with van der Waals surface area (Å²) in [6.45, 7) is 2.52. The van der Waals surface area contributed by atoms with Gasteiger partial charge in [-0.25, -0.2) is 0 Å². The molecule has 1 fully saturated rings. The second-order valence-electron chi connectivity index (χ2n) is 5.96. The first kappa shape index (κ1) is 16.8. The van der Waals surface area contributed by atoms with Crippen molar-refractivity contribution in [1.82, 2.24) is 5.32 Å². The van der Waals surface area contributed by atoms with E-state index in [1.54, 1.807) is 0 Å². The Morgan fingerprint density at radius 3 is 2.38 bits per heavy atom. The number of hydrogen-bond acceptors (Lipinski definition) is 3. The van der Waals surface area contributed by atoms with E-state index in [0.29, 0.717) is 19.8 Å². The predicted octanol–water partition coefficient (Wildman–Crippen LogP) is 3.60. The van der Waals surface area contributed by atoms with E-state index in [1.807, 2.05) is 48.5 Å². The lowest BCUT2D eigenvalue weighted by Gasteiger charge is -2.11. The first-order valence-electron chi connectivity index (χ1n) is 8.13. The van der Waals surface area contributed by atoms with Crippen molar-refractivity contribution >= 4 is 23.2 Å². The fourth-order valence-electron chi connectivity index (χ4n) is 2.62. The molecule has 2 N–H and O–H groups in total. The molecule has 0 saturated carbocycles. The second kappa shape index (κ2) is 8.18. The Morgan fingerprint density at radius 2 is 1.71 bits per heavy atom. The molecular formula is C19H21ClN2O2. The van der Waals surface area contributed by atoms with Crippen molar-refractivity contribution in [2.45, 2.75) is 19.5 Å². The molecule has 0 aromatic heterocycles. The molecule has 126 valence electrons. The maximum absolute atomic E-state index is 12.0. The molecule has 1 aliphatic heterocycles. The zero-order chi connectivity index (χ0) is 16.8. The van der Waals surface area contributed by atoms with Gasteiger partial charge in [0.15, 0.2) is 0 Å². The van der Waals surface area contributed by atoms with Crippen molar-refractivity contribution in [3.63, 3.8) is 0 Å². The lowest BCUT2D eigenvalue weighted by atomic mass is 10.1. The van der Waals surface area contributed by atoms with Gasteiger partial charge in [-0.3, -0.25) is 4.79 Å². The Labute approximate surface area is 147 Å². The molecule has 0 unspecified atom stereocenters. The predicted molar refractivity (Wildman–Crippen MR) is 96.0 cm³/mol. The SMILES string of the molecule is O=C(NCc1ccc(NCc2ccc(Cl)cc2)cc1)[C@H]1CCOC1. The molecule has 1 aliphatic rings. The zero-order valence-electron chi connectivity index (χ0n) is 13.4. The largest absolute Gasteiger partial charge is 0.381 e. The molecule has 0 radical (unpaired) electrons. The van der Waals surface area contributed by atoms with Crippen LogP contribution in [0.1, 0.15) is 17.5 Å². The summed E-state index contributed by atoms with van der Waals surface area (Å²) in [5.41, 5.74) is 3.30. The molecule has 1 heterocycles. The van der Waals surface area contributed by atoms with E-state index < -0.39 is 0 Å². The van der Waals surface area contributed by atoms with E-state index in [2.05, 4.69) is 10.6 Å². The highest BCUT2D eigenvalue weighted by atomic mass is 35.5. The molecule has 4 nitrogen and oxygen atoms in total. The van der Waals surface area contributed by atoms with Crippen molar-refractivity contribution < 1.29 is 9.53 Å². The first-order chi connectivity index (χ1) is 11.7. The average molecular weight is 345 g/mol. The highest BCUT2D eigenvalue weighted by molar-refractivity contribution is 6.30. The summed E-state index contributed by atoms with van der Waals surface area (Å²) in [7, 11) is 0. The molecule has 2 aromatic carbocycles. The van der Waals surface area contributed by atoms with E-state index in [9.17, 15) is 4.79 Å². The molecule has 1 atom stereocenters. The van der Waals surface area contributed by atoms with Crippen molar-refractivity contribution in [3.8, 4) is 0 Å². The minimum atomic E-state index is 0.00492. The van der Waals surface area contributed by atoms with Crippen LogP contribution < -0.4 is 10.6 Å². The monoisotopic (exact) mass is 344 g/mol. The Balaban J connectivity index is 1.46. The number of anilines is 1. The third-order valence-electron chi connectivity index (χ3n) is 4.13. The molecule has 0 spiro atoms. The van der Waals surface area contributed by atoms with Crippen LogP contribution in [0.15, 0.2) is 48.5 Å². The Hall–Kier alpha value is -2.04. The minimum absolute atomic E-state index is 0.00492. The number of amides is 1. The Bertz CT molecular complexity index is 665. The van der Waals surface area contributed by atoms with Crippen molar-refractivity contribution in [2.24, 2.45) is 5.92 Å². The third-order valence-corrected chi connectivity index (χ3v) is 4.38. The highest BCUT2D eigenvalue weighted by Crippen LogP contribution is 2.15. The van der Waals surface area contributed by atoms with E-state index >= 15 is 0 Å². The minimum Gasteiger partial charge on any atom is -0.381 e. The fourth-order valence-corrected chi connectivity index (χ4v) is 2.75. The van der Waals surface area contributed by atoms with E-state index in [0.717, 1.165) is 29.2 Å². The maximum Gasteiger partial charge on any atom is 0.225 e. The van der Waals surface area contributed by atoms with Crippen LogP contribution >= 0.6 is 11.6 Å². The number of halogens is 1. The first-order valence-corrected chi connectivity index (χ1v) is 8.51. The van der Waals surface area contributed by atoms with Gasteiger partial charge in [0, 0.05) is 30.4 Å². The summed E-state index contributed by atoms with van der Waals surface area (Å²) in [4.78, 5) is 12.0. The molecule has 1 saturated heterocycles. The fraction of sp³-hybridized carbons (Fsp3) is 0.316. The molecule has 5 heteroatoms. The number of benzene rings is 2. The lowest BCUT2D eigenvalue weighted by Crippen LogP contribution is -2.30. The van der Waals surface area contributed by atoms with E-state index in [1.165, 1.54) is 5.56 Å². The summed E-state index contributed by atoms with van der Waals surface area (Å²) in [5.74, 6) is 0.0859. The van der Waals surface area contributed by atoms with Crippen LogP contribution in [-0.4, -0.2) is 19.1 Å². The van der Waals surface area contributed by atoms with Gasteiger partial charge in [-0.05, 0) is 41.8 Å². The molecule has 0 aliphatic carbocycles. The molecule has 3 rings (SSSR count). The summed E-state index contributed by atoms with van der Waals surface area (Å²) in [6.07, 6.45) is 0.819. The van der Waals surface area contributed by atoms with Gasteiger partial charge in [-0.2, -0.15) is 0 Å². The molecule has 1 amide bonds. The number of nitrogens with one attached hydrogen (secondary N) is 2. The number of carbonyl (C=O) groups excluding carboxylic acids is 1. The van der Waals surface area contributed by atoms with Gasteiger partial charge >= 0.3 is 0 Å². The number of carbonyl (C=O) groups is 1. The van der Waals surface area contributed by atoms with E-state index in [4.69, 9.17) is 16.3 Å². The van der Waals surface area contributed by atoms with Crippen LogP contribution in [-0.2, 0) is 22.6 Å². The van der Waals surface area contributed by atoms with Gasteiger partial charge in [0.05, 0.1) is 12.5 Å². The topological polar surface area (TPSA) is 50.4 Å². The van der Waals surface area contributed by atoms with Gasteiger partial charge in [0.25, 0.3) is 0 Å².